The third kappa shape index (κ3) is 4.06. The van der Waals surface area contributed by atoms with Gasteiger partial charge in [0.25, 0.3) is 0 Å². The zero-order valence-electron chi connectivity index (χ0n) is 12.2. The SMILES string of the molecule is CNCC1CCN(c2cc(NC(C)C)ncn2)CC1. The van der Waals surface area contributed by atoms with Crippen LogP contribution in [0.1, 0.15) is 26.7 Å². The van der Waals surface area contributed by atoms with Gasteiger partial charge in [-0.25, -0.2) is 9.97 Å². The van der Waals surface area contributed by atoms with E-state index in [0.29, 0.717) is 6.04 Å². The molecule has 1 saturated heterocycles. The fourth-order valence-corrected chi connectivity index (χ4v) is 2.55. The van der Waals surface area contributed by atoms with Gasteiger partial charge in [0.15, 0.2) is 0 Å². The topological polar surface area (TPSA) is 53.1 Å². The van der Waals surface area contributed by atoms with Crippen LogP contribution in [-0.4, -0.2) is 42.7 Å². The summed E-state index contributed by atoms with van der Waals surface area (Å²) in [5, 5.41) is 6.59. The normalized spacial score (nSPS) is 16.9. The van der Waals surface area contributed by atoms with E-state index in [0.717, 1.165) is 37.2 Å². The van der Waals surface area contributed by atoms with Crippen molar-refractivity contribution < 1.29 is 0 Å². The van der Waals surface area contributed by atoms with Crippen LogP contribution >= 0.6 is 0 Å². The summed E-state index contributed by atoms with van der Waals surface area (Å²) in [5.41, 5.74) is 0. The zero-order chi connectivity index (χ0) is 13.7. The average Bonchev–Trinajstić information content (AvgIpc) is 2.39. The molecule has 1 aromatic heterocycles. The molecule has 0 saturated carbocycles. The number of hydrogen-bond donors (Lipinski definition) is 2. The Morgan fingerprint density at radius 3 is 2.68 bits per heavy atom. The highest BCUT2D eigenvalue weighted by molar-refractivity contribution is 5.48. The standard InChI is InChI=1S/C14H25N5/c1-11(2)18-13-8-14(17-10-16-13)19-6-4-12(5-7-19)9-15-3/h8,10-12,15H,4-7,9H2,1-3H3,(H,16,17,18). The van der Waals surface area contributed by atoms with Crippen molar-refractivity contribution in [3.63, 3.8) is 0 Å². The molecule has 0 aliphatic carbocycles. The van der Waals surface area contributed by atoms with Crippen LogP contribution in [-0.2, 0) is 0 Å². The first-order valence-electron chi connectivity index (χ1n) is 7.17. The van der Waals surface area contributed by atoms with Gasteiger partial charge in [-0.3, -0.25) is 0 Å². The Morgan fingerprint density at radius 1 is 1.32 bits per heavy atom. The van der Waals surface area contributed by atoms with Gasteiger partial charge < -0.3 is 15.5 Å². The van der Waals surface area contributed by atoms with Crippen molar-refractivity contribution in [2.75, 3.05) is 36.9 Å². The third-order valence-corrected chi connectivity index (χ3v) is 3.52. The largest absolute Gasteiger partial charge is 0.368 e. The van der Waals surface area contributed by atoms with Crippen LogP contribution < -0.4 is 15.5 Å². The van der Waals surface area contributed by atoms with E-state index < -0.39 is 0 Å². The molecule has 0 aromatic carbocycles. The second-order valence-corrected chi connectivity index (χ2v) is 5.55. The molecular formula is C14H25N5. The Hall–Kier alpha value is -1.36. The summed E-state index contributed by atoms with van der Waals surface area (Å²) in [6.45, 7) is 7.53. The van der Waals surface area contributed by atoms with Crippen LogP contribution in [0.5, 0.6) is 0 Å². The lowest BCUT2D eigenvalue weighted by atomic mass is 9.97. The first-order chi connectivity index (χ1) is 9.19. The fourth-order valence-electron chi connectivity index (χ4n) is 2.55. The van der Waals surface area contributed by atoms with Gasteiger partial charge >= 0.3 is 0 Å². The quantitative estimate of drug-likeness (QED) is 0.847. The summed E-state index contributed by atoms with van der Waals surface area (Å²) in [7, 11) is 2.03. The van der Waals surface area contributed by atoms with Crippen molar-refractivity contribution in [2.45, 2.75) is 32.7 Å². The molecule has 5 heteroatoms. The van der Waals surface area contributed by atoms with Crippen LogP contribution in [0.2, 0.25) is 0 Å². The van der Waals surface area contributed by atoms with E-state index in [1.165, 1.54) is 12.8 Å². The molecule has 0 amide bonds. The lowest BCUT2D eigenvalue weighted by Gasteiger charge is -2.32. The van der Waals surface area contributed by atoms with Crippen LogP contribution in [0, 0.1) is 5.92 Å². The fraction of sp³-hybridized carbons (Fsp3) is 0.714. The van der Waals surface area contributed by atoms with Crippen LogP contribution in [0.4, 0.5) is 11.6 Å². The van der Waals surface area contributed by atoms with Gasteiger partial charge in [0, 0.05) is 25.2 Å². The number of nitrogens with one attached hydrogen (secondary N) is 2. The van der Waals surface area contributed by atoms with Gasteiger partial charge in [-0.2, -0.15) is 0 Å². The monoisotopic (exact) mass is 263 g/mol. The molecule has 0 atom stereocenters. The number of rotatable bonds is 5. The van der Waals surface area contributed by atoms with E-state index in [1.807, 2.05) is 7.05 Å². The van der Waals surface area contributed by atoms with E-state index in [-0.39, 0.29) is 0 Å². The summed E-state index contributed by atoms with van der Waals surface area (Å²) >= 11 is 0. The smallest absolute Gasteiger partial charge is 0.134 e. The van der Waals surface area contributed by atoms with E-state index in [1.54, 1.807) is 6.33 Å². The minimum atomic E-state index is 0.393. The molecule has 106 valence electrons. The molecule has 0 spiro atoms. The van der Waals surface area contributed by atoms with Gasteiger partial charge in [-0.1, -0.05) is 0 Å². The summed E-state index contributed by atoms with van der Waals surface area (Å²) in [5.74, 6) is 2.76. The van der Waals surface area contributed by atoms with E-state index in [4.69, 9.17) is 0 Å². The van der Waals surface area contributed by atoms with Crippen LogP contribution in [0.25, 0.3) is 0 Å². The highest BCUT2D eigenvalue weighted by Crippen LogP contribution is 2.22. The number of aromatic nitrogens is 2. The van der Waals surface area contributed by atoms with Gasteiger partial charge in [-0.15, -0.1) is 0 Å². The Kier molecular flexibility index (Phi) is 4.96. The molecule has 0 radical (unpaired) electrons. The predicted octanol–water partition coefficient (Wildman–Crippen LogP) is 1.73. The second kappa shape index (κ2) is 6.70. The van der Waals surface area contributed by atoms with Crippen LogP contribution in [0.3, 0.4) is 0 Å². The molecule has 1 aromatic rings. The Bertz CT molecular complexity index is 385. The van der Waals surface area contributed by atoms with Gasteiger partial charge in [0.1, 0.15) is 18.0 Å². The third-order valence-electron chi connectivity index (χ3n) is 3.52. The molecule has 19 heavy (non-hydrogen) atoms. The number of hydrogen-bond acceptors (Lipinski definition) is 5. The van der Waals surface area contributed by atoms with Gasteiger partial charge in [-0.05, 0) is 46.2 Å². The van der Waals surface area contributed by atoms with Crippen molar-refractivity contribution in [2.24, 2.45) is 5.92 Å². The maximum atomic E-state index is 4.40. The molecule has 1 fully saturated rings. The van der Waals surface area contributed by atoms with E-state index in [2.05, 4.69) is 45.4 Å². The van der Waals surface area contributed by atoms with Crippen molar-refractivity contribution in [1.82, 2.24) is 15.3 Å². The predicted molar refractivity (Wildman–Crippen MR) is 79.7 cm³/mol. The molecule has 2 rings (SSSR count). The lowest BCUT2D eigenvalue weighted by Crippen LogP contribution is -2.37. The van der Waals surface area contributed by atoms with Crippen molar-refractivity contribution in [3.8, 4) is 0 Å². The lowest BCUT2D eigenvalue weighted by molar-refractivity contribution is 0.392. The minimum absolute atomic E-state index is 0.393. The highest BCUT2D eigenvalue weighted by atomic mass is 15.2. The van der Waals surface area contributed by atoms with E-state index >= 15 is 0 Å². The maximum absolute atomic E-state index is 4.40. The molecule has 2 N–H and O–H groups in total. The summed E-state index contributed by atoms with van der Waals surface area (Å²) in [6.07, 6.45) is 4.12. The molecule has 2 heterocycles. The molecule has 1 aliphatic rings. The van der Waals surface area contributed by atoms with E-state index in [9.17, 15) is 0 Å². The summed E-state index contributed by atoms with van der Waals surface area (Å²) < 4.78 is 0. The molecule has 1 aliphatic heterocycles. The van der Waals surface area contributed by atoms with Crippen molar-refractivity contribution >= 4 is 11.6 Å². The Balaban J connectivity index is 1.95. The Morgan fingerprint density at radius 2 is 2.05 bits per heavy atom. The highest BCUT2D eigenvalue weighted by Gasteiger charge is 2.19. The molecule has 0 unspecified atom stereocenters. The van der Waals surface area contributed by atoms with Gasteiger partial charge in [0.05, 0.1) is 0 Å². The zero-order valence-corrected chi connectivity index (χ0v) is 12.2. The number of piperidine rings is 1. The Labute approximate surface area is 115 Å². The van der Waals surface area contributed by atoms with Gasteiger partial charge in [0.2, 0.25) is 0 Å². The molecule has 5 nitrogen and oxygen atoms in total. The van der Waals surface area contributed by atoms with Crippen LogP contribution in [0.15, 0.2) is 12.4 Å². The number of anilines is 2. The number of nitrogens with zero attached hydrogens (tertiary/aromatic N) is 3. The molecular weight excluding hydrogens is 238 g/mol. The van der Waals surface area contributed by atoms with Crippen molar-refractivity contribution in [3.05, 3.63) is 12.4 Å². The summed E-state index contributed by atoms with van der Waals surface area (Å²) in [6, 6.07) is 2.45. The first kappa shape index (κ1) is 14.1. The molecule has 0 bridgehead atoms. The summed E-state index contributed by atoms with van der Waals surface area (Å²) in [4.78, 5) is 11.0. The second-order valence-electron chi connectivity index (χ2n) is 5.55. The first-order valence-corrected chi connectivity index (χ1v) is 7.17. The maximum Gasteiger partial charge on any atom is 0.134 e. The minimum Gasteiger partial charge on any atom is -0.368 e. The average molecular weight is 263 g/mol. The van der Waals surface area contributed by atoms with Crippen molar-refractivity contribution in [1.29, 1.82) is 0 Å².